The van der Waals surface area contributed by atoms with Gasteiger partial charge in [0.1, 0.15) is 11.6 Å². The molecule has 0 bridgehead atoms. The van der Waals surface area contributed by atoms with E-state index < -0.39 is 17.3 Å². The van der Waals surface area contributed by atoms with Crippen LogP contribution in [-0.4, -0.2) is 16.6 Å². The van der Waals surface area contributed by atoms with Gasteiger partial charge in [0.05, 0.1) is 5.56 Å². The van der Waals surface area contributed by atoms with Crippen LogP contribution in [0.25, 0.3) is 0 Å². The van der Waals surface area contributed by atoms with Crippen LogP contribution in [0.2, 0.25) is 0 Å². The van der Waals surface area contributed by atoms with Crippen molar-refractivity contribution in [3.8, 4) is 5.75 Å². The van der Waals surface area contributed by atoms with Crippen LogP contribution in [0.1, 0.15) is 51.4 Å². The first-order valence-corrected chi connectivity index (χ1v) is 6.31. The topological polar surface area (TPSA) is 49.3 Å². The lowest BCUT2D eigenvalue weighted by Gasteiger charge is -2.33. The molecule has 1 rings (SSSR count). The van der Waals surface area contributed by atoms with Crippen molar-refractivity contribution in [3.63, 3.8) is 0 Å². The Kier molecular flexibility index (Phi) is 4.23. The van der Waals surface area contributed by atoms with Gasteiger partial charge in [0.2, 0.25) is 0 Å². The highest BCUT2D eigenvalue weighted by Crippen LogP contribution is 2.27. The van der Waals surface area contributed by atoms with Crippen LogP contribution < -0.4 is 5.32 Å². The maximum Gasteiger partial charge on any atom is 0.254 e. The molecule has 0 atom stereocenters. The second-order valence-corrected chi connectivity index (χ2v) is 6.74. The molecular weight excluding hydrogens is 245 g/mol. The summed E-state index contributed by atoms with van der Waals surface area (Å²) in [5, 5.41) is 12.0. The van der Waals surface area contributed by atoms with Gasteiger partial charge in [0.15, 0.2) is 0 Å². The van der Waals surface area contributed by atoms with E-state index >= 15 is 0 Å². The number of hydrogen-bond donors (Lipinski definition) is 2. The van der Waals surface area contributed by atoms with Gasteiger partial charge in [-0.1, -0.05) is 20.8 Å². The Morgan fingerprint density at radius 1 is 1.26 bits per heavy atom. The molecule has 0 saturated heterocycles. The van der Waals surface area contributed by atoms with E-state index in [1.165, 1.54) is 12.1 Å². The highest BCUT2D eigenvalue weighted by Gasteiger charge is 2.28. The number of phenols is 1. The first-order chi connectivity index (χ1) is 8.50. The van der Waals surface area contributed by atoms with Crippen molar-refractivity contribution in [1.29, 1.82) is 0 Å². The summed E-state index contributed by atoms with van der Waals surface area (Å²) >= 11 is 0. The van der Waals surface area contributed by atoms with E-state index in [-0.39, 0.29) is 16.7 Å². The van der Waals surface area contributed by atoms with Crippen LogP contribution in [0.5, 0.6) is 5.75 Å². The lowest BCUT2D eigenvalue weighted by molar-refractivity contribution is 0.0887. The number of nitrogens with one attached hydrogen (secondary N) is 1. The minimum atomic E-state index is -0.718. The Labute approximate surface area is 113 Å². The molecule has 1 amide bonds. The predicted molar refractivity (Wildman–Crippen MR) is 73.7 cm³/mol. The molecule has 0 unspecified atom stereocenters. The molecule has 0 aromatic heterocycles. The molecule has 1 aromatic carbocycles. The third kappa shape index (κ3) is 4.89. The number of aromatic hydroxyl groups is 1. The Morgan fingerprint density at radius 3 is 2.32 bits per heavy atom. The molecule has 0 heterocycles. The zero-order valence-electron chi connectivity index (χ0n) is 12.2. The molecule has 0 aliphatic carbocycles. The van der Waals surface area contributed by atoms with Gasteiger partial charge in [-0.3, -0.25) is 4.79 Å². The number of carbonyl (C=O) groups excluding carboxylic acids is 1. The summed E-state index contributed by atoms with van der Waals surface area (Å²) in [4.78, 5) is 12.0. The fourth-order valence-electron chi connectivity index (χ4n) is 2.43. The Balaban J connectivity index is 2.84. The summed E-state index contributed by atoms with van der Waals surface area (Å²) in [7, 11) is 0. The van der Waals surface area contributed by atoms with Gasteiger partial charge >= 0.3 is 0 Å². The van der Waals surface area contributed by atoms with Crippen molar-refractivity contribution in [3.05, 3.63) is 29.6 Å². The number of halogens is 1. The average molecular weight is 267 g/mol. The van der Waals surface area contributed by atoms with E-state index in [4.69, 9.17) is 5.11 Å². The van der Waals surface area contributed by atoms with E-state index in [1.807, 2.05) is 13.8 Å². The third-order valence-electron chi connectivity index (χ3n) is 2.62. The van der Waals surface area contributed by atoms with Crippen LogP contribution in [0.3, 0.4) is 0 Å². The number of amides is 1. The molecule has 19 heavy (non-hydrogen) atoms. The first kappa shape index (κ1) is 15.5. The summed E-state index contributed by atoms with van der Waals surface area (Å²) in [5.41, 5.74) is -0.427. The summed E-state index contributed by atoms with van der Waals surface area (Å²) < 4.78 is 13.6. The van der Waals surface area contributed by atoms with E-state index in [9.17, 15) is 9.18 Å². The maximum absolute atomic E-state index is 13.6. The van der Waals surface area contributed by atoms with E-state index in [2.05, 4.69) is 26.1 Å². The number of hydrogen-bond acceptors (Lipinski definition) is 2. The van der Waals surface area contributed by atoms with Crippen molar-refractivity contribution in [1.82, 2.24) is 5.32 Å². The van der Waals surface area contributed by atoms with Crippen molar-refractivity contribution < 1.29 is 14.3 Å². The normalized spacial score (nSPS) is 12.3. The van der Waals surface area contributed by atoms with Crippen LogP contribution in [0.4, 0.5) is 4.39 Å². The van der Waals surface area contributed by atoms with Crippen LogP contribution in [0.15, 0.2) is 18.2 Å². The van der Waals surface area contributed by atoms with E-state index in [0.29, 0.717) is 0 Å². The maximum atomic E-state index is 13.6. The fraction of sp³-hybridized carbons (Fsp3) is 0.533. The number of rotatable bonds is 3. The summed E-state index contributed by atoms with van der Waals surface area (Å²) in [6.07, 6.45) is 0.769. The van der Waals surface area contributed by atoms with Gasteiger partial charge in [-0.05, 0) is 37.8 Å². The molecule has 0 aliphatic rings. The molecule has 0 fully saturated rings. The zero-order valence-corrected chi connectivity index (χ0v) is 12.2. The van der Waals surface area contributed by atoms with Crippen molar-refractivity contribution in [2.24, 2.45) is 5.41 Å². The average Bonchev–Trinajstić information content (AvgIpc) is 2.11. The molecule has 3 nitrogen and oxygen atoms in total. The minimum Gasteiger partial charge on any atom is -0.508 e. The minimum absolute atomic E-state index is 0.0558. The molecule has 1 aromatic rings. The van der Waals surface area contributed by atoms with Crippen LogP contribution >= 0.6 is 0 Å². The lowest BCUT2D eigenvalue weighted by Crippen LogP contribution is -2.46. The van der Waals surface area contributed by atoms with Crippen molar-refractivity contribution >= 4 is 5.91 Å². The Morgan fingerprint density at radius 2 is 1.84 bits per heavy atom. The highest BCUT2D eigenvalue weighted by atomic mass is 19.1. The quantitative estimate of drug-likeness (QED) is 0.881. The molecule has 2 N–H and O–H groups in total. The standard InChI is InChI=1S/C15H22FNO2/c1-14(2,3)9-15(4,5)17-13(19)11-7-6-10(18)8-12(11)16/h6-8,18H,9H2,1-5H3,(H,17,19). The molecule has 0 saturated carbocycles. The van der Waals surface area contributed by atoms with Gasteiger partial charge in [0.25, 0.3) is 5.91 Å². The number of phenolic OH excluding ortho intramolecular Hbond substituents is 1. The summed E-state index contributed by atoms with van der Waals surface area (Å²) in [6.45, 7) is 10.1. The zero-order chi connectivity index (χ0) is 14.8. The SMILES string of the molecule is CC(C)(C)CC(C)(C)NC(=O)c1ccc(O)cc1F. The van der Waals surface area contributed by atoms with Gasteiger partial charge in [0, 0.05) is 11.6 Å². The van der Waals surface area contributed by atoms with Gasteiger partial charge in [-0.25, -0.2) is 4.39 Å². The summed E-state index contributed by atoms with van der Waals surface area (Å²) in [5.74, 6) is -1.38. The molecule has 0 aliphatic heterocycles. The second-order valence-electron chi connectivity index (χ2n) is 6.74. The van der Waals surface area contributed by atoms with Gasteiger partial charge in [-0.15, -0.1) is 0 Å². The lowest BCUT2D eigenvalue weighted by atomic mass is 9.81. The Bertz CT molecular complexity index is 476. The van der Waals surface area contributed by atoms with Gasteiger partial charge in [-0.2, -0.15) is 0 Å². The van der Waals surface area contributed by atoms with Crippen LogP contribution in [-0.2, 0) is 0 Å². The Hall–Kier alpha value is -1.58. The smallest absolute Gasteiger partial charge is 0.254 e. The molecule has 4 heteroatoms. The monoisotopic (exact) mass is 267 g/mol. The molecular formula is C15H22FNO2. The highest BCUT2D eigenvalue weighted by molar-refractivity contribution is 5.95. The van der Waals surface area contributed by atoms with Crippen LogP contribution in [0, 0.1) is 11.2 Å². The molecule has 0 radical (unpaired) electrons. The van der Waals surface area contributed by atoms with Crippen molar-refractivity contribution in [2.75, 3.05) is 0 Å². The van der Waals surface area contributed by atoms with E-state index in [1.54, 1.807) is 0 Å². The first-order valence-electron chi connectivity index (χ1n) is 6.31. The molecule has 0 spiro atoms. The number of carbonyl (C=O) groups is 1. The fourth-order valence-corrected chi connectivity index (χ4v) is 2.43. The predicted octanol–water partition coefficient (Wildman–Crippen LogP) is 3.48. The molecule has 106 valence electrons. The largest absolute Gasteiger partial charge is 0.508 e. The van der Waals surface area contributed by atoms with E-state index in [0.717, 1.165) is 12.5 Å². The summed E-state index contributed by atoms with van der Waals surface area (Å²) in [6, 6.07) is 3.52. The third-order valence-corrected chi connectivity index (χ3v) is 2.62. The second kappa shape index (κ2) is 5.19. The van der Waals surface area contributed by atoms with Crippen molar-refractivity contribution in [2.45, 2.75) is 46.6 Å². The van der Waals surface area contributed by atoms with Gasteiger partial charge < -0.3 is 10.4 Å². The number of benzene rings is 1.